The van der Waals surface area contributed by atoms with Crippen LogP contribution in [0.1, 0.15) is 100 Å². The molecule has 2 aromatic carbocycles. The number of aliphatic hydroxyl groups is 2. The molecule has 0 heterocycles. The number of carbonyl (C=O) groups is 2. The lowest BCUT2D eigenvalue weighted by atomic mass is 9.96. The number of hydrogen-bond acceptors (Lipinski definition) is 7. The molecule has 1 fully saturated rings. The first-order valence-electron chi connectivity index (χ1n) is 16.0. The van der Waals surface area contributed by atoms with E-state index in [0.717, 1.165) is 90.2 Å². The van der Waals surface area contributed by atoms with Crippen LogP contribution in [-0.4, -0.2) is 64.8 Å². The number of anilines is 1. The van der Waals surface area contributed by atoms with Crippen LogP contribution < -0.4 is 16.0 Å². The molecule has 7 N–H and O–H groups in total. The molecule has 246 valence electrons. The van der Waals surface area contributed by atoms with Crippen LogP contribution in [-0.2, 0) is 22.6 Å². The fourth-order valence-electron chi connectivity index (χ4n) is 5.14. The van der Waals surface area contributed by atoms with Gasteiger partial charge in [0.15, 0.2) is 0 Å². The third kappa shape index (κ3) is 16.6. The molecule has 2 amide bonds. The van der Waals surface area contributed by atoms with Crippen LogP contribution in [0, 0.1) is 0 Å². The summed E-state index contributed by atoms with van der Waals surface area (Å²) in [5.74, 6) is -0.790. The van der Waals surface area contributed by atoms with E-state index in [2.05, 4.69) is 28.1 Å². The Morgan fingerprint density at radius 2 is 1.66 bits per heavy atom. The molecule has 0 aromatic heterocycles. The molecule has 0 saturated heterocycles. The number of carboxylic acids is 1. The molecule has 2 aromatic rings. The third-order valence-corrected chi connectivity index (χ3v) is 7.52. The van der Waals surface area contributed by atoms with Crippen molar-refractivity contribution in [2.24, 2.45) is 0 Å². The van der Waals surface area contributed by atoms with Gasteiger partial charge in [0.2, 0.25) is 0 Å². The third-order valence-electron chi connectivity index (χ3n) is 7.52. The number of aliphatic carboxylic acids is 1. The van der Waals surface area contributed by atoms with Crippen LogP contribution in [0.4, 0.5) is 10.5 Å². The van der Waals surface area contributed by atoms with Crippen molar-refractivity contribution in [2.45, 2.75) is 103 Å². The highest BCUT2D eigenvalue weighted by Gasteiger charge is 2.15. The second-order valence-corrected chi connectivity index (χ2v) is 11.4. The van der Waals surface area contributed by atoms with Crippen LogP contribution >= 0.6 is 0 Å². The average Bonchev–Trinajstić information content (AvgIpc) is 3.00. The molecular formula is C34H53N3O7. The van der Waals surface area contributed by atoms with Crippen LogP contribution in [0.15, 0.2) is 42.5 Å². The molecule has 0 aliphatic heterocycles. The molecule has 10 nitrogen and oxygen atoms in total. The summed E-state index contributed by atoms with van der Waals surface area (Å²) in [6.45, 7) is 3.67. The van der Waals surface area contributed by atoms with Gasteiger partial charge >= 0.3 is 6.03 Å². The smallest absolute Gasteiger partial charge is 0.319 e. The Morgan fingerprint density at radius 1 is 0.955 bits per heavy atom. The standard InChI is InChI=1S/C32H49N3O5.C2H4O2/c36-24-27-22-26(16-17-30(27)37)31(38)23-33-18-7-1-2-8-19-40-20-9-6-11-25-12-10-15-29(21-25)35-32(39)34-28-13-4-3-5-14-28;1-2(3)4/h10,12,15-17,21-22,28,31,33,36-38H,1-9,11,13-14,18-20,23-24H2,(H2,34,35,39);1H3,(H,3,4)/t31-;/m0./s1. The predicted molar refractivity (Wildman–Crippen MR) is 173 cm³/mol. The van der Waals surface area contributed by atoms with E-state index in [0.29, 0.717) is 23.7 Å². The van der Waals surface area contributed by atoms with E-state index in [1.807, 2.05) is 12.1 Å². The van der Waals surface area contributed by atoms with Crippen molar-refractivity contribution in [2.75, 3.05) is 31.6 Å². The highest BCUT2D eigenvalue weighted by Crippen LogP contribution is 2.22. The van der Waals surface area contributed by atoms with Crippen molar-refractivity contribution in [1.29, 1.82) is 0 Å². The molecule has 1 aliphatic rings. The normalized spacial score (nSPS) is 13.9. The zero-order valence-corrected chi connectivity index (χ0v) is 26.2. The number of rotatable bonds is 18. The summed E-state index contributed by atoms with van der Waals surface area (Å²) in [6.07, 6.45) is 12.6. The number of phenols is 1. The summed E-state index contributed by atoms with van der Waals surface area (Å²) in [4.78, 5) is 21.3. The van der Waals surface area contributed by atoms with Gasteiger partial charge in [-0.3, -0.25) is 4.79 Å². The zero-order valence-electron chi connectivity index (χ0n) is 26.2. The van der Waals surface area contributed by atoms with Crippen LogP contribution in [0.5, 0.6) is 5.75 Å². The van der Waals surface area contributed by atoms with Crippen LogP contribution in [0.2, 0.25) is 0 Å². The molecule has 0 spiro atoms. The van der Waals surface area contributed by atoms with E-state index in [4.69, 9.17) is 14.6 Å². The number of urea groups is 1. The summed E-state index contributed by atoms with van der Waals surface area (Å²) < 4.78 is 5.81. The van der Waals surface area contributed by atoms with Crippen LogP contribution in [0.25, 0.3) is 0 Å². The largest absolute Gasteiger partial charge is 0.508 e. The summed E-state index contributed by atoms with van der Waals surface area (Å²) in [7, 11) is 0. The number of benzene rings is 2. The van der Waals surface area contributed by atoms with Crippen molar-refractivity contribution in [3.63, 3.8) is 0 Å². The summed E-state index contributed by atoms with van der Waals surface area (Å²) in [5, 5.41) is 46.0. The first-order valence-corrected chi connectivity index (χ1v) is 16.0. The first kappa shape index (κ1) is 37.0. The molecule has 10 heteroatoms. The molecule has 3 rings (SSSR count). The fraction of sp³-hybridized carbons (Fsp3) is 0.588. The van der Waals surface area contributed by atoms with E-state index in [1.54, 1.807) is 12.1 Å². The monoisotopic (exact) mass is 615 g/mol. The van der Waals surface area contributed by atoms with E-state index in [1.165, 1.54) is 30.9 Å². The molecule has 1 atom stereocenters. The van der Waals surface area contributed by atoms with Gasteiger partial charge in [-0.25, -0.2) is 4.79 Å². The summed E-state index contributed by atoms with van der Waals surface area (Å²) in [6, 6.07) is 13.1. The molecule has 0 radical (unpaired) electrons. The average molecular weight is 616 g/mol. The molecule has 1 aliphatic carbocycles. The second kappa shape index (κ2) is 22.3. The van der Waals surface area contributed by atoms with Gasteiger partial charge in [0.1, 0.15) is 5.75 Å². The maximum absolute atomic E-state index is 12.3. The van der Waals surface area contributed by atoms with Gasteiger partial charge in [-0.05, 0) is 86.9 Å². The van der Waals surface area contributed by atoms with Crippen molar-refractivity contribution >= 4 is 17.7 Å². The number of unbranched alkanes of at least 4 members (excludes halogenated alkanes) is 4. The zero-order chi connectivity index (χ0) is 32.0. The number of nitrogens with one attached hydrogen (secondary N) is 3. The van der Waals surface area contributed by atoms with E-state index < -0.39 is 12.1 Å². The van der Waals surface area contributed by atoms with Crippen molar-refractivity contribution in [1.82, 2.24) is 10.6 Å². The lowest BCUT2D eigenvalue weighted by Crippen LogP contribution is -2.39. The quantitative estimate of drug-likeness (QED) is 0.106. The van der Waals surface area contributed by atoms with E-state index in [9.17, 15) is 20.1 Å². The Kier molecular flexibility index (Phi) is 18.8. The molecular weight excluding hydrogens is 562 g/mol. The Bertz CT molecular complexity index is 1090. The molecule has 0 unspecified atom stereocenters. The molecule has 1 saturated carbocycles. The molecule has 0 bridgehead atoms. The number of aryl methyl sites for hydroxylation is 1. The molecule has 44 heavy (non-hydrogen) atoms. The number of hydrogen-bond donors (Lipinski definition) is 7. The Labute approximate surface area is 262 Å². The van der Waals surface area contributed by atoms with Gasteiger partial charge in [-0.2, -0.15) is 0 Å². The Hall–Kier alpha value is -3.18. The number of aromatic hydroxyl groups is 1. The Morgan fingerprint density at radius 3 is 2.39 bits per heavy atom. The maximum Gasteiger partial charge on any atom is 0.319 e. The van der Waals surface area contributed by atoms with Gasteiger partial charge in [-0.15, -0.1) is 0 Å². The summed E-state index contributed by atoms with van der Waals surface area (Å²) >= 11 is 0. The fourth-order valence-corrected chi connectivity index (χ4v) is 5.14. The van der Waals surface area contributed by atoms with Gasteiger partial charge < -0.3 is 41.1 Å². The summed E-state index contributed by atoms with van der Waals surface area (Å²) in [5.41, 5.74) is 3.19. The second-order valence-electron chi connectivity index (χ2n) is 11.4. The minimum absolute atomic E-state index is 0.0433. The highest BCUT2D eigenvalue weighted by molar-refractivity contribution is 5.89. The number of carboxylic acid groups (broad SMARTS) is 1. The lowest BCUT2D eigenvalue weighted by molar-refractivity contribution is -0.134. The highest BCUT2D eigenvalue weighted by atomic mass is 16.5. The number of carbonyl (C=O) groups excluding carboxylic acids is 1. The van der Waals surface area contributed by atoms with Crippen molar-refractivity contribution in [3.8, 4) is 5.75 Å². The van der Waals surface area contributed by atoms with Gasteiger partial charge in [0.05, 0.1) is 12.7 Å². The van der Waals surface area contributed by atoms with Crippen LogP contribution in [0.3, 0.4) is 0 Å². The predicted octanol–water partition coefficient (Wildman–Crippen LogP) is 5.65. The van der Waals surface area contributed by atoms with E-state index >= 15 is 0 Å². The SMILES string of the molecule is CC(=O)O.O=C(Nc1cccc(CCCCOCCCCCCNC[C@H](O)c2ccc(O)c(CO)c2)c1)NC1CCCCC1. The Balaban J connectivity index is 0.00000159. The van der Waals surface area contributed by atoms with Gasteiger partial charge in [0.25, 0.3) is 5.97 Å². The van der Waals surface area contributed by atoms with Crippen molar-refractivity contribution < 1.29 is 34.8 Å². The number of amides is 2. The minimum Gasteiger partial charge on any atom is -0.508 e. The minimum atomic E-state index is -0.833. The first-order chi connectivity index (χ1) is 21.3. The lowest BCUT2D eigenvalue weighted by Gasteiger charge is -2.22. The van der Waals surface area contributed by atoms with Gasteiger partial charge in [0, 0.05) is 44.0 Å². The maximum atomic E-state index is 12.3. The topological polar surface area (TPSA) is 160 Å². The van der Waals surface area contributed by atoms with Crippen molar-refractivity contribution in [3.05, 3.63) is 59.2 Å². The number of ether oxygens (including phenoxy) is 1. The van der Waals surface area contributed by atoms with Gasteiger partial charge in [-0.1, -0.05) is 50.3 Å². The number of aliphatic hydroxyl groups excluding tert-OH is 2. The van der Waals surface area contributed by atoms with E-state index in [-0.39, 0.29) is 18.4 Å².